The van der Waals surface area contributed by atoms with Gasteiger partial charge in [0.25, 0.3) is 5.91 Å². The van der Waals surface area contributed by atoms with Crippen molar-refractivity contribution in [2.75, 3.05) is 0 Å². The van der Waals surface area contributed by atoms with Crippen molar-refractivity contribution in [1.29, 1.82) is 0 Å². The normalized spacial score (nSPS) is 14.3. The molecule has 0 bridgehead atoms. The fraction of sp³-hybridized carbons (Fsp3) is 0.385. The summed E-state index contributed by atoms with van der Waals surface area (Å²) in [5.74, 6) is -0.660. The fourth-order valence-electron chi connectivity index (χ4n) is 4.56. The number of carbonyl (C=O) groups excluding carboxylic acids is 1. The molecule has 0 unspecified atom stereocenters. The molecule has 3 aromatic rings. The predicted octanol–water partition coefficient (Wildman–Crippen LogP) is 4.63. The van der Waals surface area contributed by atoms with Crippen LogP contribution in [0, 0.1) is 5.92 Å². The molecule has 1 aliphatic carbocycles. The molecular formula is C26H29N3O4. The molecule has 0 radical (unpaired) electrons. The second-order valence-electron chi connectivity index (χ2n) is 8.67. The molecule has 0 amide bonds. The summed E-state index contributed by atoms with van der Waals surface area (Å²) >= 11 is 0. The van der Waals surface area contributed by atoms with Crippen molar-refractivity contribution >= 4 is 11.9 Å². The van der Waals surface area contributed by atoms with Crippen LogP contribution in [0.5, 0.6) is 0 Å². The molecular weight excluding hydrogens is 418 g/mol. The fourth-order valence-corrected chi connectivity index (χ4v) is 4.56. The summed E-state index contributed by atoms with van der Waals surface area (Å²) in [4.78, 5) is 37.6. The zero-order valence-electron chi connectivity index (χ0n) is 18.9. The van der Waals surface area contributed by atoms with E-state index in [1.165, 1.54) is 0 Å². The molecule has 1 heterocycles. The lowest BCUT2D eigenvalue weighted by Crippen LogP contribution is -2.35. The van der Waals surface area contributed by atoms with E-state index in [2.05, 4.69) is 5.10 Å². The summed E-state index contributed by atoms with van der Waals surface area (Å²) in [7, 11) is 0. The van der Waals surface area contributed by atoms with E-state index in [0.717, 1.165) is 54.3 Å². The number of aryl methyl sites for hydroxylation is 1. The maximum atomic E-state index is 13.1. The van der Waals surface area contributed by atoms with Crippen LogP contribution in [0.25, 0.3) is 11.1 Å². The van der Waals surface area contributed by atoms with Gasteiger partial charge in [0, 0.05) is 12.3 Å². The quantitative estimate of drug-likeness (QED) is 0.570. The molecule has 33 heavy (non-hydrogen) atoms. The van der Waals surface area contributed by atoms with E-state index >= 15 is 0 Å². The van der Waals surface area contributed by atoms with Crippen LogP contribution in [0.3, 0.4) is 0 Å². The number of hydrogen-bond donors (Lipinski definition) is 1. The van der Waals surface area contributed by atoms with Gasteiger partial charge in [0.05, 0.1) is 12.1 Å². The molecule has 1 aliphatic rings. The summed E-state index contributed by atoms with van der Waals surface area (Å²) in [6.45, 7) is 2.33. The Hall–Kier alpha value is -3.48. The first-order valence-electron chi connectivity index (χ1n) is 11.6. The van der Waals surface area contributed by atoms with Crippen molar-refractivity contribution < 1.29 is 14.7 Å². The maximum absolute atomic E-state index is 13.1. The van der Waals surface area contributed by atoms with Crippen LogP contribution < -0.4 is 5.69 Å². The summed E-state index contributed by atoms with van der Waals surface area (Å²) < 4.78 is 2.67. The maximum Gasteiger partial charge on any atom is 0.353 e. The van der Waals surface area contributed by atoms with Crippen molar-refractivity contribution in [2.24, 2.45) is 5.92 Å². The molecule has 1 saturated carbocycles. The third-order valence-corrected chi connectivity index (χ3v) is 6.34. The summed E-state index contributed by atoms with van der Waals surface area (Å²) in [6, 6.07) is 14.4. The number of rotatable bonds is 7. The van der Waals surface area contributed by atoms with Crippen LogP contribution in [-0.4, -0.2) is 31.3 Å². The molecule has 172 valence electrons. The lowest BCUT2D eigenvalue weighted by atomic mass is 9.89. The number of benzene rings is 2. The molecule has 7 heteroatoms. The lowest BCUT2D eigenvalue weighted by molar-refractivity contribution is 0.0696. The molecule has 1 N–H and O–H groups in total. The second-order valence-corrected chi connectivity index (χ2v) is 8.67. The number of carboxylic acids is 1. The minimum Gasteiger partial charge on any atom is -0.478 e. The van der Waals surface area contributed by atoms with Crippen LogP contribution in [0.15, 0.2) is 53.3 Å². The van der Waals surface area contributed by atoms with Crippen LogP contribution in [0.1, 0.15) is 72.0 Å². The Morgan fingerprint density at radius 3 is 2.39 bits per heavy atom. The molecule has 0 spiro atoms. The van der Waals surface area contributed by atoms with Gasteiger partial charge in [0.1, 0.15) is 5.82 Å². The van der Waals surface area contributed by atoms with Gasteiger partial charge in [-0.1, -0.05) is 68.7 Å². The Bertz CT molecular complexity index is 1200. The van der Waals surface area contributed by atoms with Crippen LogP contribution in [0.4, 0.5) is 0 Å². The average molecular weight is 448 g/mol. The van der Waals surface area contributed by atoms with E-state index in [1.807, 2.05) is 37.3 Å². The second kappa shape index (κ2) is 9.98. The molecule has 2 aromatic carbocycles. The number of nitrogens with zero attached hydrogens (tertiary/aromatic N) is 3. The van der Waals surface area contributed by atoms with Gasteiger partial charge in [-0.05, 0) is 42.0 Å². The van der Waals surface area contributed by atoms with Gasteiger partial charge in [0.2, 0.25) is 0 Å². The zero-order chi connectivity index (χ0) is 23.4. The minimum absolute atomic E-state index is 0.122. The molecule has 0 aliphatic heterocycles. The molecule has 7 nitrogen and oxygen atoms in total. The predicted molar refractivity (Wildman–Crippen MR) is 126 cm³/mol. The molecule has 0 atom stereocenters. The van der Waals surface area contributed by atoms with E-state index in [1.54, 1.807) is 22.8 Å². The Balaban J connectivity index is 1.61. The SMILES string of the molecule is CCCc1nn(C(=O)C2CCCCC2)c(=O)n1Cc1ccc(-c2ccccc2C(=O)O)cc1. The van der Waals surface area contributed by atoms with Crippen molar-refractivity contribution in [3.63, 3.8) is 0 Å². The monoisotopic (exact) mass is 447 g/mol. The largest absolute Gasteiger partial charge is 0.478 e. The first-order chi connectivity index (χ1) is 16.0. The highest BCUT2D eigenvalue weighted by molar-refractivity contribution is 5.96. The Kier molecular flexibility index (Phi) is 6.87. The number of carbonyl (C=O) groups is 2. The molecule has 4 rings (SSSR count). The van der Waals surface area contributed by atoms with Gasteiger partial charge in [-0.3, -0.25) is 9.36 Å². The number of aromatic nitrogens is 3. The standard InChI is InChI=1S/C26H29N3O4/c1-2-8-23-27-29(24(30)20-9-4-3-5-10-20)26(33)28(23)17-18-13-15-19(16-14-18)21-11-6-7-12-22(21)25(31)32/h6-7,11-16,20H,2-5,8-10,17H2,1H3,(H,31,32). The summed E-state index contributed by atoms with van der Waals surface area (Å²) in [5, 5.41) is 13.9. The molecule has 1 aromatic heterocycles. The number of aromatic carboxylic acids is 1. The van der Waals surface area contributed by atoms with E-state index in [-0.39, 0.29) is 23.1 Å². The van der Waals surface area contributed by atoms with Crippen molar-refractivity contribution in [1.82, 2.24) is 14.3 Å². The van der Waals surface area contributed by atoms with Crippen LogP contribution in [0.2, 0.25) is 0 Å². The Morgan fingerprint density at radius 1 is 1.03 bits per heavy atom. The highest BCUT2D eigenvalue weighted by Gasteiger charge is 2.27. The van der Waals surface area contributed by atoms with Gasteiger partial charge in [-0.15, -0.1) is 9.78 Å². The van der Waals surface area contributed by atoms with Gasteiger partial charge in [0.15, 0.2) is 0 Å². The first kappa shape index (κ1) is 22.7. The van der Waals surface area contributed by atoms with E-state index < -0.39 is 5.97 Å². The zero-order valence-corrected chi connectivity index (χ0v) is 18.9. The van der Waals surface area contributed by atoms with Crippen molar-refractivity contribution in [3.05, 3.63) is 76.0 Å². The minimum atomic E-state index is -0.972. The first-order valence-corrected chi connectivity index (χ1v) is 11.6. The third-order valence-electron chi connectivity index (χ3n) is 6.34. The average Bonchev–Trinajstić information content (AvgIpc) is 3.15. The topological polar surface area (TPSA) is 94.2 Å². The highest BCUT2D eigenvalue weighted by atomic mass is 16.4. The summed E-state index contributed by atoms with van der Waals surface area (Å²) in [5.41, 5.74) is 2.19. The van der Waals surface area contributed by atoms with Gasteiger partial charge >= 0.3 is 11.7 Å². The Labute approximate surface area is 192 Å². The van der Waals surface area contributed by atoms with Crippen molar-refractivity contribution in [3.8, 4) is 11.1 Å². The lowest BCUT2D eigenvalue weighted by Gasteiger charge is -2.19. The third kappa shape index (κ3) is 4.82. The van der Waals surface area contributed by atoms with E-state index in [4.69, 9.17) is 0 Å². The number of hydrogen-bond acceptors (Lipinski definition) is 4. The van der Waals surface area contributed by atoms with E-state index in [0.29, 0.717) is 24.4 Å². The van der Waals surface area contributed by atoms with Gasteiger partial charge in [-0.2, -0.15) is 0 Å². The van der Waals surface area contributed by atoms with Crippen LogP contribution >= 0.6 is 0 Å². The highest BCUT2D eigenvalue weighted by Crippen LogP contribution is 2.26. The number of carboxylic acid groups (broad SMARTS) is 1. The van der Waals surface area contributed by atoms with E-state index in [9.17, 15) is 19.5 Å². The molecule has 0 saturated heterocycles. The smallest absolute Gasteiger partial charge is 0.353 e. The van der Waals surface area contributed by atoms with Gasteiger partial charge in [-0.25, -0.2) is 9.59 Å². The molecule has 1 fully saturated rings. The Morgan fingerprint density at radius 2 is 1.73 bits per heavy atom. The van der Waals surface area contributed by atoms with Crippen molar-refractivity contribution in [2.45, 2.75) is 58.4 Å². The van der Waals surface area contributed by atoms with Crippen LogP contribution in [-0.2, 0) is 13.0 Å². The summed E-state index contributed by atoms with van der Waals surface area (Å²) in [6.07, 6.45) is 6.25. The van der Waals surface area contributed by atoms with Gasteiger partial charge < -0.3 is 5.11 Å².